The van der Waals surface area contributed by atoms with E-state index in [-0.39, 0.29) is 12.1 Å². The second kappa shape index (κ2) is 10.0. The highest BCUT2D eigenvalue weighted by Crippen LogP contribution is 2.42. The van der Waals surface area contributed by atoms with Crippen LogP contribution >= 0.6 is 28.1 Å². The van der Waals surface area contributed by atoms with Crippen LogP contribution in [0, 0.1) is 0 Å². The summed E-state index contributed by atoms with van der Waals surface area (Å²) in [4.78, 5) is 9.28. The largest absolute Gasteiger partial charge is 0.378 e. The van der Waals surface area contributed by atoms with Crippen LogP contribution < -0.4 is 15.1 Å². The van der Waals surface area contributed by atoms with Gasteiger partial charge in [0.15, 0.2) is 5.11 Å². The molecule has 0 amide bonds. The lowest BCUT2D eigenvalue weighted by molar-refractivity contribution is 0.122. The maximum Gasteiger partial charge on any atom is 0.174 e. The van der Waals surface area contributed by atoms with Gasteiger partial charge in [-0.1, -0.05) is 28.1 Å². The number of nitrogens with zero attached hydrogens (tertiary/aromatic N) is 4. The van der Waals surface area contributed by atoms with Crippen molar-refractivity contribution in [1.29, 1.82) is 0 Å². The van der Waals surface area contributed by atoms with Gasteiger partial charge in [-0.15, -0.1) is 0 Å². The smallest absolute Gasteiger partial charge is 0.174 e. The van der Waals surface area contributed by atoms with Crippen LogP contribution in [-0.4, -0.2) is 41.0 Å². The summed E-state index contributed by atoms with van der Waals surface area (Å²) in [5.74, 6) is 0. The van der Waals surface area contributed by atoms with Gasteiger partial charge in [0.05, 0.1) is 24.9 Å². The Morgan fingerprint density at radius 2 is 1.69 bits per heavy atom. The molecule has 2 fully saturated rings. The van der Waals surface area contributed by atoms with Gasteiger partial charge in [0.1, 0.15) is 6.04 Å². The lowest BCUT2D eigenvalue weighted by atomic mass is 10.0. The van der Waals surface area contributed by atoms with Crippen molar-refractivity contribution >= 4 is 44.6 Å². The summed E-state index contributed by atoms with van der Waals surface area (Å²) < 4.78 is 8.79. The van der Waals surface area contributed by atoms with Gasteiger partial charge < -0.3 is 24.4 Å². The Morgan fingerprint density at radius 3 is 2.44 bits per heavy atom. The Kier molecular flexibility index (Phi) is 6.48. The molecule has 36 heavy (non-hydrogen) atoms. The average molecular weight is 561 g/mol. The zero-order valence-electron chi connectivity index (χ0n) is 19.6. The molecule has 2 aromatic carbocycles. The molecule has 4 aromatic rings. The van der Waals surface area contributed by atoms with Crippen LogP contribution in [0.1, 0.15) is 23.5 Å². The second-order valence-electron chi connectivity index (χ2n) is 8.90. The highest BCUT2D eigenvalue weighted by atomic mass is 79.9. The first-order valence-corrected chi connectivity index (χ1v) is 13.3. The van der Waals surface area contributed by atoms with E-state index in [0.29, 0.717) is 5.11 Å². The lowest BCUT2D eigenvalue weighted by Gasteiger charge is -2.31. The number of ether oxygens (including phenoxy) is 1. The molecule has 2 aliphatic rings. The van der Waals surface area contributed by atoms with Crippen LogP contribution in [-0.2, 0) is 4.74 Å². The number of nitrogens with one attached hydrogen (secondary N) is 1. The van der Waals surface area contributed by atoms with Crippen molar-refractivity contribution in [3.05, 3.63) is 107 Å². The van der Waals surface area contributed by atoms with Crippen molar-refractivity contribution in [1.82, 2.24) is 14.9 Å². The molecular weight excluding hydrogens is 534 g/mol. The first kappa shape index (κ1) is 23.2. The number of rotatable bonds is 5. The first-order valence-electron chi connectivity index (χ1n) is 12.1. The van der Waals surface area contributed by atoms with Crippen LogP contribution in [0.3, 0.4) is 0 Å². The molecule has 0 radical (unpaired) electrons. The highest BCUT2D eigenvalue weighted by Gasteiger charge is 2.42. The Morgan fingerprint density at radius 1 is 0.889 bits per heavy atom. The van der Waals surface area contributed by atoms with Crippen molar-refractivity contribution in [3.63, 3.8) is 0 Å². The minimum atomic E-state index is -0.0987. The van der Waals surface area contributed by atoms with Gasteiger partial charge in [0, 0.05) is 52.7 Å². The number of benzene rings is 2. The summed E-state index contributed by atoms with van der Waals surface area (Å²) in [6.07, 6.45) is 3.94. The summed E-state index contributed by atoms with van der Waals surface area (Å²) in [5, 5.41) is 4.26. The number of hydrogen-bond donors (Lipinski definition) is 1. The van der Waals surface area contributed by atoms with E-state index in [2.05, 4.69) is 102 Å². The van der Waals surface area contributed by atoms with Crippen LogP contribution in [0.4, 0.5) is 11.4 Å². The molecule has 0 saturated carbocycles. The molecule has 2 atom stereocenters. The number of anilines is 2. The topological polar surface area (TPSA) is 45.6 Å². The minimum absolute atomic E-state index is 0.0874. The fourth-order valence-electron chi connectivity index (χ4n) is 5.08. The van der Waals surface area contributed by atoms with E-state index in [9.17, 15) is 0 Å². The third-order valence-corrected chi connectivity index (χ3v) is 7.58. The molecule has 2 saturated heterocycles. The van der Waals surface area contributed by atoms with Gasteiger partial charge in [-0.2, -0.15) is 0 Å². The molecule has 2 aliphatic heterocycles. The second-order valence-corrected chi connectivity index (χ2v) is 10.2. The van der Waals surface area contributed by atoms with Gasteiger partial charge in [-0.3, -0.25) is 4.98 Å². The Hall–Kier alpha value is -3.20. The normalized spacial score (nSPS) is 20.0. The first-order chi connectivity index (χ1) is 17.7. The van der Waals surface area contributed by atoms with Crippen LogP contribution in [0.25, 0.3) is 5.69 Å². The van der Waals surface area contributed by atoms with E-state index in [1.165, 1.54) is 5.69 Å². The van der Waals surface area contributed by atoms with Crippen LogP contribution in [0.5, 0.6) is 0 Å². The molecule has 0 bridgehead atoms. The SMILES string of the molecule is S=C1NC(c2ccccn2)C(c2cccn2-c2cccc(Br)c2)N1c1ccc(N2CCOCC2)cc1. The quantitative estimate of drug-likeness (QED) is 0.319. The zero-order valence-corrected chi connectivity index (χ0v) is 22.0. The molecule has 1 N–H and O–H groups in total. The molecule has 6 rings (SSSR count). The van der Waals surface area contributed by atoms with Gasteiger partial charge in [-0.25, -0.2) is 0 Å². The minimum Gasteiger partial charge on any atom is -0.378 e. The molecule has 6 nitrogen and oxygen atoms in total. The predicted molar refractivity (Wildman–Crippen MR) is 151 cm³/mol. The fourth-order valence-corrected chi connectivity index (χ4v) is 5.81. The maximum atomic E-state index is 5.93. The number of aromatic nitrogens is 2. The molecular formula is C28H26BrN5OS. The third-order valence-electron chi connectivity index (χ3n) is 6.77. The van der Waals surface area contributed by atoms with E-state index in [1.807, 2.05) is 24.4 Å². The molecule has 182 valence electrons. The summed E-state index contributed by atoms with van der Waals surface area (Å²) in [7, 11) is 0. The maximum absolute atomic E-state index is 5.93. The number of morpholine rings is 1. The number of hydrogen-bond acceptors (Lipinski definition) is 4. The number of pyridine rings is 1. The lowest BCUT2D eigenvalue weighted by Crippen LogP contribution is -2.36. The van der Waals surface area contributed by atoms with Gasteiger partial charge in [0.2, 0.25) is 0 Å². The molecule has 2 unspecified atom stereocenters. The van der Waals surface area contributed by atoms with Crippen molar-refractivity contribution < 1.29 is 4.74 Å². The molecule has 2 aromatic heterocycles. The van der Waals surface area contributed by atoms with Crippen LogP contribution in [0.2, 0.25) is 0 Å². The summed E-state index contributed by atoms with van der Waals surface area (Å²) in [6, 6.07) is 27.1. The summed E-state index contributed by atoms with van der Waals surface area (Å²) in [5.41, 5.74) is 5.43. The molecule has 8 heteroatoms. The van der Waals surface area contributed by atoms with Gasteiger partial charge in [-0.05, 0) is 78.9 Å². The summed E-state index contributed by atoms with van der Waals surface area (Å²) in [6.45, 7) is 3.35. The van der Waals surface area contributed by atoms with Crippen molar-refractivity contribution in [3.8, 4) is 5.69 Å². The summed E-state index contributed by atoms with van der Waals surface area (Å²) >= 11 is 9.56. The third kappa shape index (κ3) is 4.40. The Labute approximate surface area is 224 Å². The van der Waals surface area contributed by atoms with E-state index < -0.39 is 0 Å². The fraction of sp³-hybridized carbons (Fsp3) is 0.214. The monoisotopic (exact) mass is 559 g/mol. The predicted octanol–water partition coefficient (Wildman–Crippen LogP) is 5.65. The average Bonchev–Trinajstić information content (AvgIpc) is 3.54. The van der Waals surface area contributed by atoms with E-state index >= 15 is 0 Å². The zero-order chi connectivity index (χ0) is 24.5. The highest BCUT2D eigenvalue weighted by molar-refractivity contribution is 9.10. The molecule has 4 heterocycles. The number of halogens is 1. The number of thiocarbonyl (C=S) groups is 1. The Balaban J connectivity index is 1.42. The van der Waals surface area contributed by atoms with Crippen LogP contribution in [0.15, 0.2) is 95.7 Å². The van der Waals surface area contributed by atoms with E-state index in [4.69, 9.17) is 21.9 Å². The van der Waals surface area contributed by atoms with Crippen molar-refractivity contribution in [2.45, 2.75) is 12.1 Å². The van der Waals surface area contributed by atoms with Gasteiger partial charge >= 0.3 is 0 Å². The van der Waals surface area contributed by atoms with Gasteiger partial charge in [0.25, 0.3) is 0 Å². The molecule has 0 aliphatic carbocycles. The van der Waals surface area contributed by atoms with Crippen molar-refractivity contribution in [2.75, 3.05) is 36.1 Å². The standard InChI is InChI=1S/C28H26BrN5OS/c29-20-5-3-6-23(19-20)33-14-4-8-25(33)27-26(24-7-1-2-13-30-24)31-28(36)34(27)22-11-9-21(10-12-22)32-15-17-35-18-16-32/h1-14,19,26-27H,15-18H2,(H,31,36). The van der Waals surface area contributed by atoms with E-state index in [0.717, 1.165) is 53.5 Å². The van der Waals surface area contributed by atoms with Crippen molar-refractivity contribution in [2.24, 2.45) is 0 Å². The Bertz CT molecular complexity index is 1350. The van der Waals surface area contributed by atoms with E-state index in [1.54, 1.807) is 0 Å². The molecule has 0 spiro atoms.